The van der Waals surface area contributed by atoms with Crippen LogP contribution in [0.2, 0.25) is 0 Å². The number of aromatic nitrogens is 2. The van der Waals surface area contributed by atoms with Crippen LogP contribution in [0.1, 0.15) is 19.0 Å². The quantitative estimate of drug-likeness (QED) is 0.941. The number of nitrogens with one attached hydrogen (secondary N) is 1. The van der Waals surface area contributed by atoms with Crippen LogP contribution in [0, 0.1) is 0 Å². The van der Waals surface area contributed by atoms with Crippen LogP contribution in [0.5, 0.6) is 0 Å². The second kappa shape index (κ2) is 6.22. The van der Waals surface area contributed by atoms with Crippen molar-refractivity contribution in [1.29, 1.82) is 0 Å². The smallest absolute Gasteiger partial charge is 0.154 e. The van der Waals surface area contributed by atoms with Crippen LogP contribution >= 0.6 is 0 Å². The maximum Gasteiger partial charge on any atom is 0.154 e. The number of hydrogen-bond acceptors (Lipinski definition) is 4. The Hall–Kier alpha value is -1.66. The van der Waals surface area contributed by atoms with E-state index in [-0.39, 0.29) is 11.0 Å². The summed E-state index contributed by atoms with van der Waals surface area (Å²) in [6.07, 6.45) is 2.53. The van der Waals surface area contributed by atoms with Crippen LogP contribution in [0.4, 0.5) is 0 Å². The molecule has 1 N–H and O–H groups in total. The maximum atomic E-state index is 11.9. The zero-order chi connectivity index (χ0) is 15.6. The Morgan fingerprint density at radius 2 is 2.05 bits per heavy atom. The molecule has 0 unspecified atom stereocenters. The first-order chi connectivity index (χ1) is 10.5. The van der Waals surface area contributed by atoms with Crippen LogP contribution in [0.15, 0.2) is 36.5 Å². The van der Waals surface area contributed by atoms with E-state index in [1.54, 1.807) is 0 Å². The van der Waals surface area contributed by atoms with Crippen molar-refractivity contribution in [2.45, 2.75) is 25.1 Å². The summed E-state index contributed by atoms with van der Waals surface area (Å²) in [7, 11) is -2.93. The van der Waals surface area contributed by atoms with Crippen molar-refractivity contribution in [1.82, 2.24) is 14.9 Å². The molecule has 3 rings (SSSR count). The molecule has 0 bridgehead atoms. The van der Waals surface area contributed by atoms with Gasteiger partial charge in [-0.25, -0.2) is 13.4 Å². The van der Waals surface area contributed by atoms with E-state index in [4.69, 9.17) is 0 Å². The van der Waals surface area contributed by atoms with Gasteiger partial charge in [-0.15, -0.1) is 0 Å². The molecule has 2 aromatic rings. The molecule has 1 aromatic heterocycles. The third kappa shape index (κ3) is 3.39. The normalized spacial score (nSPS) is 22.3. The number of H-pyrrole nitrogens is 1. The van der Waals surface area contributed by atoms with Crippen LogP contribution < -0.4 is 0 Å². The second-order valence-corrected chi connectivity index (χ2v) is 8.40. The number of imidazole rings is 1. The largest absolute Gasteiger partial charge is 0.341 e. The molecule has 1 aliphatic heterocycles. The molecule has 1 aromatic carbocycles. The molecule has 0 aliphatic carbocycles. The molecular formula is C16H21N3O2S. The van der Waals surface area contributed by atoms with E-state index in [0.717, 1.165) is 23.6 Å². The van der Waals surface area contributed by atoms with E-state index in [9.17, 15) is 8.42 Å². The summed E-state index contributed by atoms with van der Waals surface area (Å²) in [5.74, 6) is 1.10. The van der Waals surface area contributed by atoms with Gasteiger partial charge in [0.05, 0.1) is 11.0 Å². The lowest BCUT2D eigenvalue weighted by atomic mass is 10.2. The predicted octanol–water partition coefficient (Wildman–Crippen LogP) is 2.09. The molecule has 1 saturated heterocycles. The summed E-state index contributed by atoms with van der Waals surface area (Å²) < 4.78 is 23.9. The molecule has 5 nitrogen and oxygen atoms in total. The van der Waals surface area contributed by atoms with E-state index in [1.807, 2.05) is 43.5 Å². The number of sulfone groups is 1. The van der Waals surface area contributed by atoms with E-state index < -0.39 is 9.84 Å². The standard InChI is InChI=1S/C16H21N3O2S/c1-13-7-8-19(9-10-22(13,20)21)12-15-11-17-16(18-15)14-5-3-2-4-6-14/h2-6,11,13H,7-10,12H2,1H3,(H,17,18)/t13-/m1/s1. The molecule has 118 valence electrons. The fourth-order valence-corrected chi connectivity index (χ4v) is 4.07. The van der Waals surface area contributed by atoms with Crippen LogP contribution in [0.3, 0.4) is 0 Å². The van der Waals surface area contributed by atoms with Gasteiger partial charge in [-0.2, -0.15) is 0 Å². The monoisotopic (exact) mass is 319 g/mol. The minimum absolute atomic E-state index is 0.237. The van der Waals surface area contributed by atoms with Gasteiger partial charge in [-0.3, -0.25) is 4.90 Å². The first-order valence-corrected chi connectivity index (χ1v) is 9.29. The van der Waals surface area contributed by atoms with Gasteiger partial charge in [0.15, 0.2) is 9.84 Å². The molecule has 0 spiro atoms. The van der Waals surface area contributed by atoms with Crippen molar-refractivity contribution < 1.29 is 8.42 Å². The highest BCUT2D eigenvalue weighted by Crippen LogP contribution is 2.18. The summed E-state index contributed by atoms with van der Waals surface area (Å²) in [6, 6.07) is 9.98. The third-order valence-corrected chi connectivity index (χ3v) is 6.44. The molecular weight excluding hydrogens is 298 g/mol. The number of hydrogen-bond donors (Lipinski definition) is 1. The molecule has 1 fully saturated rings. The van der Waals surface area contributed by atoms with Gasteiger partial charge in [-0.05, 0) is 19.9 Å². The average molecular weight is 319 g/mol. The highest BCUT2D eigenvalue weighted by molar-refractivity contribution is 7.92. The summed E-state index contributed by atoms with van der Waals surface area (Å²) in [4.78, 5) is 9.93. The van der Waals surface area contributed by atoms with Gasteiger partial charge in [0.1, 0.15) is 5.82 Å². The topological polar surface area (TPSA) is 66.1 Å². The van der Waals surface area contributed by atoms with Crippen molar-refractivity contribution in [3.8, 4) is 11.4 Å². The lowest BCUT2D eigenvalue weighted by Crippen LogP contribution is -2.26. The van der Waals surface area contributed by atoms with Crippen LogP contribution in [-0.2, 0) is 16.4 Å². The fourth-order valence-electron chi connectivity index (χ4n) is 2.69. The van der Waals surface area contributed by atoms with Gasteiger partial charge < -0.3 is 4.98 Å². The Bertz CT molecular complexity index is 725. The van der Waals surface area contributed by atoms with Crippen molar-refractivity contribution in [2.24, 2.45) is 0 Å². The Morgan fingerprint density at radius 1 is 1.27 bits per heavy atom. The SMILES string of the molecule is C[C@@H]1CCN(Cc2cnc(-c3ccccc3)[nH]2)CCS1(=O)=O. The zero-order valence-electron chi connectivity index (χ0n) is 12.7. The molecule has 22 heavy (non-hydrogen) atoms. The van der Waals surface area contributed by atoms with Crippen LogP contribution in [0.25, 0.3) is 11.4 Å². The fraction of sp³-hybridized carbons (Fsp3) is 0.438. The van der Waals surface area contributed by atoms with E-state index in [1.165, 1.54) is 0 Å². The molecule has 6 heteroatoms. The van der Waals surface area contributed by atoms with Crippen molar-refractivity contribution >= 4 is 9.84 Å². The van der Waals surface area contributed by atoms with E-state index in [2.05, 4.69) is 14.9 Å². The van der Waals surface area contributed by atoms with Crippen LogP contribution in [-0.4, -0.2) is 47.4 Å². The zero-order valence-corrected chi connectivity index (χ0v) is 13.5. The minimum Gasteiger partial charge on any atom is -0.341 e. The molecule has 0 saturated carbocycles. The Labute approximate surface area is 131 Å². The van der Waals surface area contributed by atoms with Gasteiger partial charge in [0.2, 0.25) is 0 Å². The first kappa shape index (κ1) is 15.2. The van der Waals surface area contributed by atoms with E-state index >= 15 is 0 Å². The Kier molecular flexibility index (Phi) is 4.31. The number of rotatable bonds is 3. The van der Waals surface area contributed by atoms with Gasteiger partial charge in [-0.1, -0.05) is 30.3 Å². The Balaban J connectivity index is 1.68. The van der Waals surface area contributed by atoms with E-state index in [0.29, 0.717) is 19.5 Å². The number of nitrogens with zero attached hydrogens (tertiary/aromatic N) is 2. The lowest BCUT2D eigenvalue weighted by molar-refractivity contribution is 0.280. The average Bonchev–Trinajstić information content (AvgIpc) is 2.94. The van der Waals surface area contributed by atoms with Gasteiger partial charge in [0, 0.05) is 30.5 Å². The summed E-state index contributed by atoms with van der Waals surface area (Å²) >= 11 is 0. The minimum atomic E-state index is -2.93. The first-order valence-electron chi connectivity index (χ1n) is 7.58. The highest BCUT2D eigenvalue weighted by atomic mass is 32.2. The molecule has 0 amide bonds. The number of benzene rings is 1. The second-order valence-electron chi connectivity index (χ2n) is 5.87. The van der Waals surface area contributed by atoms with Gasteiger partial charge >= 0.3 is 0 Å². The lowest BCUT2D eigenvalue weighted by Gasteiger charge is -2.17. The summed E-state index contributed by atoms with van der Waals surface area (Å²) in [5.41, 5.74) is 2.08. The van der Waals surface area contributed by atoms with Crippen molar-refractivity contribution in [2.75, 3.05) is 18.8 Å². The summed E-state index contributed by atoms with van der Waals surface area (Å²) in [6.45, 7) is 3.91. The predicted molar refractivity (Wildman–Crippen MR) is 87.2 cm³/mol. The van der Waals surface area contributed by atoms with Crippen molar-refractivity contribution in [3.63, 3.8) is 0 Å². The third-order valence-electron chi connectivity index (χ3n) is 4.23. The molecule has 1 aliphatic rings. The number of aromatic amines is 1. The molecule has 0 radical (unpaired) electrons. The van der Waals surface area contributed by atoms with Crippen molar-refractivity contribution in [3.05, 3.63) is 42.2 Å². The Morgan fingerprint density at radius 3 is 2.82 bits per heavy atom. The summed E-state index contributed by atoms with van der Waals surface area (Å²) in [5, 5.41) is -0.237. The molecule has 1 atom stereocenters. The molecule has 2 heterocycles. The van der Waals surface area contributed by atoms with Gasteiger partial charge in [0.25, 0.3) is 0 Å². The highest BCUT2D eigenvalue weighted by Gasteiger charge is 2.26. The maximum absolute atomic E-state index is 11.9.